The van der Waals surface area contributed by atoms with Crippen molar-refractivity contribution in [3.63, 3.8) is 0 Å². The first kappa shape index (κ1) is 13.8. The summed E-state index contributed by atoms with van der Waals surface area (Å²) in [6.45, 7) is 4.02. The molecule has 0 spiro atoms. The summed E-state index contributed by atoms with van der Waals surface area (Å²) in [6.07, 6.45) is 1.81. The SMILES string of the molecule is Cc1ncccc1C(C)N(C)I(C)CCF. The summed E-state index contributed by atoms with van der Waals surface area (Å²) in [7, 11) is 2.11. The fraction of sp³-hybridized carbons (Fsp3) is 0.583. The van der Waals surface area contributed by atoms with Gasteiger partial charge in [0, 0.05) is 0 Å². The van der Waals surface area contributed by atoms with Gasteiger partial charge in [0.1, 0.15) is 0 Å². The quantitative estimate of drug-likeness (QED) is 0.465. The zero-order valence-electron chi connectivity index (χ0n) is 10.4. The number of nitrogens with zero attached hydrogens (tertiary/aromatic N) is 2. The standard InChI is InChI=1S/C12H20FIN2/c1-10-12(6-5-9-15-10)11(2)16(4)14(3)8-7-13/h5-6,9,11H,7-8H2,1-4H3. The number of hydrogen-bond donors (Lipinski definition) is 0. The molecule has 0 aliphatic carbocycles. The van der Waals surface area contributed by atoms with E-state index in [1.54, 1.807) is 0 Å². The monoisotopic (exact) mass is 338 g/mol. The van der Waals surface area contributed by atoms with Crippen LogP contribution in [0.25, 0.3) is 0 Å². The first-order valence-electron chi connectivity index (χ1n) is 5.34. The van der Waals surface area contributed by atoms with Gasteiger partial charge in [-0.3, -0.25) is 0 Å². The fourth-order valence-corrected chi connectivity index (χ4v) is 4.69. The topological polar surface area (TPSA) is 16.1 Å². The number of rotatable bonds is 5. The van der Waals surface area contributed by atoms with Crippen LogP contribution in [0, 0.1) is 6.92 Å². The van der Waals surface area contributed by atoms with Crippen LogP contribution >= 0.6 is 20.1 Å². The summed E-state index contributed by atoms with van der Waals surface area (Å²) in [4.78, 5) is 6.52. The summed E-state index contributed by atoms with van der Waals surface area (Å²) in [5.74, 6) is 0. The number of pyridine rings is 1. The van der Waals surface area contributed by atoms with Crippen LogP contribution in [0.3, 0.4) is 0 Å². The van der Waals surface area contributed by atoms with Crippen LogP contribution in [-0.4, -0.2) is 31.2 Å². The van der Waals surface area contributed by atoms with Crippen molar-refractivity contribution < 1.29 is 4.39 Å². The molecule has 0 fully saturated rings. The number of alkyl halides is 3. The van der Waals surface area contributed by atoms with E-state index in [1.165, 1.54) is 5.56 Å². The van der Waals surface area contributed by atoms with Gasteiger partial charge in [-0.05, 0) is 0 Å². The molecule has 1 heterocycles. The molecule has 0 aliphatic rings. The van der Waals surface area contributed by atoms with Crippen LogP contribution in [0.2, 0.25) is 0 Å². The van der Waals surface area contributed by atoms with Gasteiger partial charge >= 0.3 is 105 Å². The van der Waals surface area contributed by atoms with Crippen molar-refractivity contribution in [3.05, 3.63) is 29.6 Å². The van der Waals surface area contributed by atoms with Crippen LogP contribution in [0.4, 0.5) is 4.39 Å². The Labute approximate surface area is 105 Å². The van der Waals surface area contributed by atoms with Gasteiger partial charge in [0.25, 0.3) is 0 Å². The van der Waals surface area contributed by atoms with Gasteiger partial charge < -0.3 is 0 Å². The number of halogens is 2. The molecule has 1 unspecified atom stereocenters. The van der Waals surface area contributed by atoms with Crippen LogP contribution in [0.15, 0.2) is 18.3 Å². The van der Waals surface area contributed by atoms with Gasteiger partial charge in [-0.25, -0.2) is 0 Å². The maximum atomic E-state index is 12.3. The molecule has 1 atom stereocenters. The minimum absolute atomic E-state index is 0.190. The van der Waals surface area contributed by atoms with Gasteiger partial charge in [-0.15, -0.1) is 0 Å². The second-order valence-corrected chi connectivity index (χ2v) is 9.59. The van der Waals surface area contributed by atoms with E-state index < -0.39 is 20.1 Å². The van der Waals surface area contributed by atoms with Crippen molar-refractivity contribution in [1.82, 2.24) is 8.10 Å². The van der Waals surface area contributed by atoms with Crippen molar-refractivity contribution >= 4 is 20.1 Å². The van der Waals surface area contributed by atoms with E-state index in [2.05, 4.69) is 33.1 Å². The molecule has 0 aliphatic heterocycles. The molecular weight excluding hydrogens is 318 g/mol. The molecule has 4 heteroatoms. The zero-order chi connectivity index (χ0) is 12.1. The van der Waals surface area contributed by atoms with Crippen LogP contribution in [0.5, 0.6) is 0 Å². The van der Waals surface area contributed by atoms with E-state index in [0.717, 1.165) is 10.1 Å². The average molecular weight is 338 g/mol. The molecule has 1 rings (SSSR count). The Bertz CT molecular complexity index is 333. The third-order valence-electron chi connectivity index (χ3n) is 2.83. The van der Waals surface area contributed by atoms with Gasteiger partial charge in [-0.1, -0.05) is 0 Å². The molecular formula is C12H20FIN2. The van der Waals surface area contributed by atoms with E-state index in [-0.39, 0.29) is 6.67 Å². The van der Waals surface area contributed by atoms with Gasteiger partial charge in [0.2, 0.25) is 0 Å². The Morgan fingerprint density at radius 2 is 2.25 bits per heavy atom. The minimum atomic E-state index is -1.29. The molecule has 0 radical (unpaired) electrons. The Balaban J connectivity index is 2.77. The van der Waals surface area contributed by atoms with Crippen molar-refractivity contribution in [2.45, 2.75) is 19.9 Å². The van der Waals surface area contributed by atoms with E-state index in [0.29, 0.717) is 6.04 Å². The molecule has 92 valence electrons. The second kappa shape index (κ2) is 6.49. The van der Waals surface area contributed by atoms with Crippen LogP contribution in [-0.2, 0) is 0 Å². The van der Waals surface area contributed by atoms with Crippen LogP contribution in [0.1, 0.15) is 24.2 Å². The molecule has 0 bridgehead atoms. The molecule has 0 saturated carbocycles. The molecule has 16 heavy (non-hydrogen) atoms. The van der Waals surface area contributed by atoms with E-state index in [9.17, 15) is 4.39 Å². The maximum absolute atomic E-state index is 12.3. The molecule has 1 aromatic heterocycles. The van der Waals surface area contributed by atoms with Crippen molar-refractivity contribution in [3.8, 4) is 0 Å². The molecule has 0 amide bonds. The van der Waals surface area contributed by atoms with Gasteiger partial charge in [-0.2, -0.15) is 0 Å². The summed E-state index contributed by atoms with van der Waals surface area (Å²) in [5.41, 5.74) is 2.33. The first-order valence-corrected chi connectivity index (χ1v) is 9.99. The Morgan fingerprint density at radius 1 is 1.56 bits per heavy atom. The average Bonchev–Trinajstić information content (AvgIpc) is 2.28. The van der Waals surface area contributed by atoms with Crippen molar-refractivity contribution in [2.75, 3.05) is 23.1 Å². The van der Waals surface area contributed by atoms with E-state index in [1.807, 2.05) is 19.2 Å². The molecule has 0 saturated heterocycles. The molecule has 2 nitrogen and oxygen atoms in total. The molecule has 1 aromatic rings. The van der Waals surface area contributed by atoms with E-state index in [4.69, 9.17) is 0 Å². The van der Waals surface area contributed by atoms with Gasteiger partial charge in [0.05, 0.1) is 0 Å². The van der Waals surface area contributed by atoms with Crippen LogP contribution < -0.4 is 0 Å². The predicted molar refractivity (Wildman–Crippen MR) is 75.9 cm³/mol. The normalized spacial score (nSPS) is 14.0. The first-order chi connectivity index (χ1) is 7.57. The summed E-state index contributed by atoms with van der Waals surface area (Å²) < 4.78 is 15.4. The third-order valence-corrected chi connectivity index (χ3v) is 8.23. The number of aromatic nitrogens is 1. The van der Waals surface area contributed by atoms with Crippen molar-refractivity contribution in [1.29, 1.82) is 0 Å². The third kappa shape index (κ3) is 3.38. The summed E-state index contributed by atoms with van der Waals surface area (Å²) in [6, 6.07) is 4.43. The fourth-order valence-electron chi connectivity index (χ4n) is 1.62. The zero-order valence-corrected chi connectivity index (χ0v) is 12.5. The number of hydrogen-bond acceptors (Lipinski definition) is 2. The summed E-state index contributed by atoms with van der Waals surface area (Å²) in [5, 5.41) is 0. The van der Waals surface area contributed by atoms with Gasteiger partial charge in [0.15, 0.2) is 0 Å². The van der Waals surface area contributed by atoms with E-state index >= 15 is 0 Å². The Morgan fingerprint density at radius 3 is 2.81 bits per heavy atom. The molecule has 0 aromatic carbocycles. The second-order valence-electron chi connectivity index (χ2n) is 3.81. The molecule has 0 N–H and O–H groups in total. The Kier molecular flexibility index (Phi) is 5.61. The summed E-state index contributed by atoms with van der Waals surface area (Å²) >= 11 is -1.29. The van der Waals surface area contributed by atoms with Crippen molar-refractivity contribution in [2.24, 2.45) is 0 Å². The number of aryl methyl sites for hydroxylation is 1. The Hall–Kier alpha value is -0.230. The predicted octanol–water partition coefficient (Wildman–Crippen LogP) is 3.40.